The first-order valence-corrected chi connectivity index (χ1v) is 8.73. The van der Waals surface area contributed by atoms with Crippen LogP contribution in [0.1, 0.15) is 30.7 Å². The van der Waals surface area contributed by atoms with Gasteiger partial charge < -0.3 is 0 Å². The normalized spacial score (nSPS) is 33.4. The minimum absolute atomic E-state index is 0.00220. The average Bonchev–Trinajstić information content (AvgIpc) is 2.38. The van der Waals surface area contributed by atoms with E-state index >= 15 is 0 Å². The van der Waals surface area contributed by atoms with E-state index in [-0.39, 0.29) is 23.5 Å². The van der Waals surface area contributed by atoms with E-state index in [1.165, 1.54) is 0 Å². The lowest BCUT2D eigenvalue weighted by Gasteiger charge is -2.46. The van der Waals surface area contributed by atoms with Gasteiger partial charge in [0.05, 0.1) is 12.4 Å². The first kappa shape index (κ1) is 13.8. The molecular formula is C15H18O4S. The molecule has 4 atom stereocenters. The fourth-order valence-corrected chi connectivity index (χ4v) is 4.36. The van der Waals surface area contributed by atoms with Gasteiger partial charge in [0.15, 0.2) is 0 Å². The van der Waals surface area contributed by atoms with Crippen molar-refractivity contribution in [2.45, 2.75) is 31.3 Å². The van der Waals surface area contributed by atoms with E-state index in [4.69, 9.17) is 4.18 Å². The minimum atomic E-state index is -3.56. The Kier molecular flexibility index (Phi) is 3.42. The number of benzene rings is 1. The van der Waals surface area contributed by atoms with E-state index in [9.17, 15) is 13.2 Å². The summed E-state index contributed by atoms with van der Waals surface area (Å²) in [5, 5.41) is 0. The van der Waals surface area contributed by atoms with Gasteiger partial charge in [0, 0.05) is 18.3 Å². The third kappa shape index (κ3) is 2.52. The molecule has 0 aromatic heterocycles. The van der Waals surface area contributed by atoms with Crippen molar-refractivity contribution in [3.63, 3.8) is 0 Å². The molecule has 4 rings (SSSR count). The lowest BCUT2D eigenvalue weighted by Crippen LogP contribution is -2.49. The van der Waals surface area contributed by atoms with Crippen LogP contribution in [-0.2, 0) is 19.1 Å². The molecule has 2 bridgehead atoms. The van der Waals surface area contributed by atoms with Crippen molar-refractivity contribution < 1.29 is 17.4 Å². The number of hydrogen-bond donors (Lipinski definition) is 0. The summed E-state index contributed by atoms with van der Waals surface area (Å²) in [6.45, 7) is 0. The quantitative estimate of drug-likeness (QED) is 0.801. The predicted molar refractivity (Wildman–Crippen MR) is 74.7 cm³/mol. The predicted octanol–water partition coefficient (Wildman–Crippen LogP) is 2.11. The van der Waals surface area contributed by atoms with Crippen LogP contribution in [0.4, 0.5) is 0 Å². The molecule has 0 saturated heterocycles. The zero-order chi connectivity index (χ0) is 14.3. The third-order valence-electron chi connectivity index (χ3n) is 4.45. The second kappa shape index (κ2) is 4.97. The molecular weight excluding hydrogens is 276 g/mol. The van der Waals surface area contributed by atoms with Crippen LogP contribution in [0, 0.1) is 11.8 Å². The lowest BCUT2D eigenvalue weighted by atomic mass is 9.60. The Labute approximate surface area is 119 Å². The maximum atomic E-state index is 12.1. The van der Waals surface area contributed by atoms with Gasteiger partial charge in [-0.3, -0.25) is 8.98 Å². The molecule has 0 amide bonds. The van der Waals surface area contributed by atoms with Gasteiger partial charge in [-0.25, -0.2) is 0 Å². The van der Waals surface area contributed by atoms with Gasteiger partial charge in [0.2, 0.25) is 0 Å². The summed E-state index contributed by atoms with van der Waals surface area (Å²) >= 11 is 0. The molecule has 4 nitrogen and oxygen atoms in total. The second-order valence-electron chi connectivity index (χ2n) is 5.82. The Morgan fingerprint density at radius 3 is 2.45 bits per heavy atom. The molecule has 3 aliphatic rings. The van der Waals surface area contributed by atoms with Gasteiger partial charge in [0.25, 0.3) is 10.1 Å². The van der Waals surface area contributed by atoms with Crippen LogP contribution in [0.5, 0.6) is 0 Å². The highest BCUT2D eigenvalue weighted by Gasteiger charge is 2.50. The van der Waals surface area contributed by atoms with Crippen LogP contribution in [0.25, 0.3) is 0 Å². The lowest BCUT2D eigenvalue weighted by molar-refractivity contribution is -0.136. The topological polar surface area (TPSA) is 60.4 Å². The standard InChI is InChI=1S/C15H18O4S/c1-20(17,18)19-15-12-8-7-11(9-13(12)16)14(15)10-5-3-2-4-6-10/h2-6,11-12,14-15H,7-9H2,1H3/t11-,12+,14-,15-/m1/s1. The molecule has 3 fully saturated rings. The Bertz CT molecular complexity index is 608. The highest BCUT2D eigenvalue weighted by atomic mass is 32.2. The molecule has 0 heterocycles. The monoisotopic (exact) mass is 294 g/mol. The molecule has 5 heteroatoms. The molecule has 0 spiro atoms. The summed E-state index contributed by atoms with van der Waals surface area (Å²) < 4.78 is 28.4. The summed E-state index contributed by atoms with van der Waals surface area (Å²) in [5.74, 6) is 0.0750. The fourth-order valence-electron chi connectivity index (χ4n) is 3.70. The van der Waals surface area contributed by atoms with Crippen LogP contribution >= 0.6 is 0 Å². The van der Waals surface area contributed by atoms with Gasteiger partial charge in [-0.2, -0.15) is 8.42 Å². The zero-order valence-corrected chi connectivity index (χ0v) is 12.2. The molecule has 0 unspecified atom stereocenters. The van der Waals surface area contributed by atoms with Gasteiger partial charge >= 0.3 is 0 Å². The first-order chi connectivity index (χ1) is 9.46. The van der Waals surface area contributed by atoms with E-state index in [2.05, 4.69) is 0 Å². The summed E-state index contributed by atoms with van der Waals surface area (Å²) in [4.78, 5) is 12.1. The first-order valence-electron chi connectivity index (χ1n) is 6.91. The van der Waals surface area contributed by atoms with Crippen LogP contribution in [0.3, 0.4) is 0 Å². The van der Waals surface area contributed by atoms with E-state index in [1.807, 2.05) is 30.3 Å². The number of hydrogen-bond acceptors (Lipinski definition) is 4. The van der Waals surface area contributed by atoms with Crippen LogP contribution < -0.4 is 0 Å². The van der Waals surface area contributed by atoms with E-state index in [0.29, 0.717) is 6.42 Å². The minimum Gasteiger partial charge on any atom is -0.299 e. The van der Waals surface area contributed by atoms with Crippen molar-refractivity contribution in [2.24, 2.45) is 11.8 Å². The number of rotatable bonds is 3. The summed E-state index contributed by atoms with van der Waals surface area (Å²) in [6.07, 6.45) is 2.79. The second-order valence-corrected chi connectivity index (χ2v) is 7.42. The number of ketones is 1. The molecule has 108 valence electrons. The molecule has 3 saturated carbocycles. The van der Waals surface area contributed by atoms with Crippen molar-refractivity contribution in [1.29, 1.82) is 0 Å². The van der Waals surface area contributed by atoms with Crippen LogP contribution in [-0.4, -0.2) is 26.6 Å². The van der Waals surface area contributed by atoms with Gasteiger partial charge in [-0.05, 0) is 24.3 Å². The van der Waals surface area contributed by atoms with Crippen molar-refractivity contribution >= 4 is 15.9 Å². The summed E-state index contributed by atoms with van der Waals surface area (Å²) in [6, 6.07) is 9.80. The van der Waals surface area contributed by atoms with Crippen molar-refractivity contribution in [3.8, 4) is 0 Å². The Hall–Kier alpha value is -1.20. The largest absolute Gasteiger partial charge is 0.299 e. The third-order valence-corrected chi connectivity index (χ3v) is 5.03. The van der Waals surface area contributed by atoms with Crippen LogP contribution in [0.15, 0.2) is 30.3 Å². The van der Waals surface area contributed by atoms with E-state index < -0.39 is 16.2 Å². The van der Waals surface area contributed by atoms with Crippen LogP contribution in [0.2, 0.25) is 0 Å². The molecule has 1 aromatic rings. The maximum absolute atomic E-state index is 12.1. The van der Waals surface area contributed by atoms with E-state index in [0.717, 1.165) is 24.7 Å². The number of carbonyl (C=O) groups excluding carboxylic acids is 1. The summed E-state index contributed by atoms with van der Waals surface area (Å²) in [7, 11) is -3.56. The van der Waals surface area contributed by atoms with E-state index in [1.54, 1.807) is 0 Å². The number of carbonyl (C=O) groups is 1. The molecule has 0 N–H and O–H groups in total. The average molecular weight is 294 g/mol. The fraction of sp³-hybridized carbons (Fsp3) is 0.533. The molecule has 0 aliphatic heterocycles. The molecule has 0 radical (unpaired) electrons. The SMILES string of the molecule is CS(=O)(=O)O[C@H]1[C@H](c2ccccc2)[C@@H]2CC[C@H]1C(=O)C2. The number of Topliss-reactive ketones (excluding diaryl/α,β-unsaturated/α-hetero) is 1. The maximum Gasteiger partial charge on any atom is 0.264 e. The van der Waals surface area contributed by atoms with Crippen molar-refractivity contribution in [3.05, 3.63) is 35.9 Å². The molecule has 1 aromatic carbocycles. The van der Waals surface area contributed by atoms with Gasteiger partial charge in [0.1, 0.15) is 5.78 Å². The Balaban J connectivity index is 1.99. The Morgan fingerprint density at radius 2 is 1.85 bits per heavy atom. The summed E-state index contributed by atoms with van der Waals surface area (Å²) in [5.41, 5.74) is 1.07. The molecule has 3 aliphatic carbocycles. The highest BCUT2D eigenvalue weighted by Crippen LogP contribution is 2.49. The van der Waals surface area contributed by atoms with Crippen molar-refractivity contribution in [1.82, 2.24) is 0 Å². The smallest absolute Gasteiger partial charge is 0.264 e. The van der Waals surface area contributed by atoms with Crippen molar-refractivity contribution in [2.75, 3.05) is 6.26 Å². The van der Waals surface area contributed by atoms with Gasteiger partial charge in [-0.1, -0.05) is 30.3 Å². The zero-order valence-electron chi connectivity index (χ0n) is 11.4. The van der Waals surface area contributed by atoms with Gasteiger partial charge in [-0.15, -0.1) is 0 Å². The highest BCUT2D eigenvalue weighted by molar-refractivity contribution is 7.86. The number of fused-ring (bicyclic) bond motifs is 3. The Morgan fingerprint density at radius 1 is 1.15 bits per heavy atom. The molecule has 20 heavy (non-hydrogen) atoms.